The molecule has 2 aromatic carbocycles. The molecule has 0 atom stereocenters. The Morgan fingerprint density at radius 3 is 2.29 bits per heavy atom. The van der Waals surface area contributed by atoms with Crippen LogP contribution in [0.15, 0.2) is 59.5 Å². The zero-order chi connectivity index (χ0) is 20.0. The van der Waals surface area contributed by atoms with E-state index >= 15 is 0 Å². The molecule has 1 aliphatic rings. The molecule has 2 aromatic rings. The van der Waals surface area contributed by atoms with Crippen LogP contribution in [0, 0.1) is 0 Å². The average Bonchev–Trinajstić information content (AvgIpc) is 2.72. The van der Waals surface area contributed by atoms with Crippen LogP contribution in [0.4, 0.5) is 4.79 Å². The number of carbonyl (C=O) groups is 1. The lowest BCUT2D eigenvalue weighted by Gasteiger charge is -2.34. The van der Waals surface area contributed by atoms with Crippen molar-refractivity contribution in [1.82, 2.24) is 14.5 Å². The Kier molecular flexibility index (Phi) is 6.93. The first-order chi connectivity index (χ1) is 13.5. The average molecular weight is 422 g/mol. The molecule has 3 rings (SSSR count). The first-order valence-electron chi connectivity index (χ1n) is 9.30. The van der Waals surface area contributed by atoms with Gasteiger partial charge in [0, 0.05) is 32.7 Å². The lowest BCUT2D eigenvalue weighted by Crippen LogP contribution is -2.53. The first kappa shape index (κ1) is 20.6. The monoisotopic (exact) mass is 421 g/mol. The van der Waals surface area contributed by atoms with Crippen LogP contribution in [0.5, 0.6) is 0 Å². The minimum Gasteiger partial charge on any atom is -0.338 e. The van der Waals surface area contributed by atoms with Gasteiger partial charge in [-0.3, -0.25) is 0 Å². The van der Waals surface area contributed by atoms with E-state index in [1.165, 1.54) is 15.9 Å². The van der Waals surface area contributed by atoms with E-state index in [-0.39, 0.29) is 29.0 Å². The molecule has 6 nitrogen and oxygen atoms in total. The number of benzene rings is 2. The van der Waals surface area contributed by atoms with Crippen LogP contribution < -0.4 is 5.32 Å². The quantitative estimate of drug-likeness (QED) is 0.729. The molecule has 0 bridgehead atoms. The Balaban J connectivity index is 1.45. The van der Waals surface area contributed by atoms with Gasteiger partial charge in [-0.25, -0.2) is 13.2 Å². The number of rotatable bonds is 6. The maximum Gasteiger partial charge on any atom is 0.317 e. The van der Waals surface area contributed by atoms with E-state index in [1.54, 1.807) is 23.1 Å². The highest BCUT2D eigenvalue weighted by molar-refractivity contribution is 7.89. The van der Waals surface area contributed by atoms with Gasteiger partial charge in [0.25, 0.3) is 0 Å². The fraction of sp³-hybridized carbons (Fsp3) is 0.350. The van der Waals surface area contributed by atoms with E-state index in [4.69, 9.17) is 11.6 Å². The summed E-state index contributed by atoms with van der Waals surface area (Å²) in [4.78, 5) is 14.1. The summed E-state index contributed by atoms with van der Waals surface area (Å²) in [5.74, 6) is 0. The van der Waals surface area contributed by atoms with Gasteiger partial charge in [0.1, 0.15) is 4.90 Å². The normalized spacial score (nSPS) is 15.4. The van der Waals surface area contributed by atoms with Gasteiger partial charge >= 0.3 is 6.03 Å². The number of carbonyl (C=O) groups excluding carboxylic acids is 1. The van der Waals surface area contributed by atoms with E-state index in [9.17, 15) is 13.2 Å². The topological polar surface area (TPSA) is 69.7 Å². The zero-order valence-electron chi connectivity index (χ0n) is 15.6. The molecule has 8 heteroatoms. The van der Waals surface area contributed by atoms with Crippen molar-refractivity contribution in [1.29, 1.82) is 0 Å². The zero-order valence-corrected chi connectivity index (χ0v) is 17.1. The van der Waals surface area contributed by atoms with E-state index < -0.39 is 10.0 Å². The van der Waals surface area contributed by atoms with E-state index in [2.05, 4.69) is 17.4 Å². The largest absolute Gasteiger partial charge is 0.338 e. The number of hydrogen-bond donors (Lipinski definition) is 1. The molecule has 2 amide bonds. The molecular weight excluding hydrogens is 398 g/mol. The maximum atomic E-state index is 12.8. The number of halogens is 1. The van der Waals surface area contributed by atoms with Crippen LogP contribution in [-0.2, 0) is 16.4 Å². The second-order valence-corrected chi connectivity index (χ2v) is 8.96. The molecule has 1 fully saturated rings. The molecule has 0 spiro atoms. The standard InChI is InChI=1S/C20H24ClN3O3S/c21-18-10-4-5-11-19(18)28(26,27)24-15-13-23(14-16-24)20(25)22-12-6-9-17-7-2-1-3-8-17/h1-5,7-8,10-11H,6,9,12-16H2,(H,22,25). The minimum atomic E-state index is -3.65. The second kappa shape index (κ2) is 9.41. The summed E-state index contributed by atoms with van der Waals surface area (Å²) in [6.45, 7) is 1.81. The number of amides is 2. The number of hydrogen-bond acceptors (Lipinski definition) is 3. The van der Waals surface area contributed by atoms with Gasteiger partial charge in [0.05, 0.1) is 5.02 Å². The Labute approximate surface area is 171 Å². The van der Waals surface area contributed by atoms with E-state index in [1.807, 2.05) is 18.2 Å². The summed E-state index contributed by atoms with van der Waals surface area (Å²) in [6, 6.07) is 16.4. The van der Waals surface area contributed by atoms with Crippen LogP contribution in [0.2, 0.25) is 5.02 Å². The Morgan fingerprint density at radius 1 is 0.964 bits per heavy atom. The van der Waals surface area contributed by atoms with Crippen molar-refractivity contribution in [3.05, 3.63) is 65.2 Å². The van der Waals surface area contributed by atoms with Gasteiger partial charge in [-0.1, -0.05) is 54.1 Å². The molecule has 0 saturated carbocycles. The SMILES string of the molecule is O=C(NCCCc1ccccc1)N1CCN(S(=O)(=O)c2ccccc2Cl)CC1. The van der Waals surface area contributed by atoms with Crippen LogP contribution in [-0.4, -0.2) is 56.4 Å². The van der Waals surface area contributed by atoms with Crippen molar-refractivity contribution in [2.24, 2.45) is 0 Å². The fourth-order valence-electron chi connectivity index (χ4n) is 3.17. The van der Waals surface area contributed by atoms with Gasteiger partial charge in [-0.15, -0.1) is 0 Å². The Hall–Kier alpha value is -2.09. The third-order valence-electron chi connectivity index (χ3n) is 4.74. The smallest absolute Gasteiger partial charge is 0.317 e. The molecule has 0 aliphatic carbocycles. The highest BCUT2D eigenvalue weighted by Crippen LogP contribution is 2.24. The molecule has 150 valence electrons. The number of sulfonamides is 1. The molecular formula is C20H24ClN3O3S. The third-order valence-corrected chi connectivity index (χ3v) is 7.14. The van der Waals surface area contributed by atoms with E-state index in [0.29, 0.717) is 19.6 Å². The van der Waals surface area contributed by atoms with Gasteiger partial charge < -0.3 is 10.2 Å². The predicted molar refractivity (Wildman–Crippen MR) is 110 cm³/mol. The lowest BCUT2D eigenvalue weighted by molar-refractivity contribution is 0.172. The van der Waals surface area contributed by atoms with Crippen LogP contribution in [0.25, 0.3) is 0 Å². The summed E-state index contributed by atoms with van der Waals surface area (Å²) < 4.78 is 26.9. The Bertz CT molecular complexity index is 898. The molecule has 1 N–H and O–H groups in total. The van der Waals surface area contributed by atoms with Crippen molar-refractivity contribution in [2.45, 2.75) is 17.7 Å². The molecule has 0 aromatic heterocycles. The van der Waals surface area contributed by atoms with Gasteiger partial charge in [0.2, 0.25) is 10.0 Å². The molecule has 1 saturated heterocycles. The van der Waals surface area contributed by atoms with E-state index in [0.717, 1.165) is 12.8 Å². The number of urea groups is 1. The fourth-order valence-corrected chi connectivity index (χ4v) is 5.08. The second-order valence-electron chi connectivity index (χ2n) is 6.64. The van der Waals surface area contributed by atoms with Crippen LogP contribution in [0.3, 0.4) is 0 Å². The molecule has 0 radical (unpaired) electrons. The number of nitrogens with zero attached hydrogens (tertiary/aromatic N) is 2. The molecule has 1 aliphatic heterocycles. The highest BCUT2D eigenvalue weighted by Gasteiger charge is 2.31. The Morgan fingerprint density at radius 2 is 1.61 bits per heavy atom. The summed E-state index contributed by atoms with van der Waals surface area (Å²) in [6.07, 6.45) is 1.77. The molecule has 0 unspecified atom stereocenters. The lowest BCUT2D eigenvalue weighted by atomic mass is 10.1. The summed E-state index contributed by atoms with van der Waals surface area (Å²) in [7, 11) is -3.65. The van der Waals surface area contributed by atoms with Crippen molar-refractivity contribution in [3.63, 3.8) is 0 Å². The molecule has 1 heterocycles. The summed E-state index contributed by atoms with van der Waals surface area (Å²) in [5.41, 5.74) is 1.25. The van der Waals surface area contributed by atoms with Gasteiger partial charge in [0.15, 0.2) is 0 Å². The predicted octanol–water partition coefficient (Wildman–Crippen LogP) is 2.99. The summed E-state index contributed by atoms with van der Waals surface area (Å²) >= 11 is 6.04. The maximum absolute atomic E-state index is 12.8. The summed E-state index contributed by atoms with van der Waals surface area (Å²) in [5, 5.41) is 3.12. The highest BCUT2D eigenvalue weighted by atomic mass is 35.5. The number of aryl methyl sites for hydroxylation is 1. The minimum absolute atomic E-state index is 0.107. The van der Waals surface area contributed by atoms with Gasteiger partial charge in [-0.05, 0) is 30.5 Å². The van der Waals surface area contributed by atoms with Gasteiger partial charge in [-0.2, -0.15) is 4.31 Å². The molecule has 28 heavy (non-hydrogen) atoms. The van der Waals surface area contributed by atoms with Crippen molar-refractivity contribution < 1.29 is 13.2 Å². The van der Waals surface area contributed by atoms with Crippen LogP contribution >= 0.6 is 11.6 Å². The van der Waals surface area contributed by atoms with Crippen molar-refractivity contribution in [3.8, 4) is 0 Å². The van der Waals surface area contributed by atoms with Crippen molar-refractivity contribution >= 4 is 27.7 Å². The van der Waals surface area contributed by atoms with Crippen LogP contribution in [0.1, 0.15) is 12.0 Å². The number of piperazine rings is 1. The first-order valence-corrected chi connectivity index (χ1v) is 11.1. The number of nitrogens with one attached hydrogen (secondary N) is 1. The third kappa shape index (κ3) is 5.04. The van der Waals surface area contributed by atoms with Crippen molar-refractivity contribution in [2.75, 3.05) is 32.7 Å².